The number of carbonyl (C=O) groups is 1. The fourth-order valence-corrected chi connectivity index (χ4v) is 3.82. The summed E-state index contributed by atoms with van der Waals surface area (Å²) in [6, 6.07) is 11.0. The highest BCUT2D eigenvalue weighted by Crippen LogP contribution is 2.38. The van der Waals surface area contributed by atoms with Gasteiger partial charge in [-0.3, -0.25) is 0 Å². The van der Waals surface area contributed by atoms with Crippen LogP contribution in [0.15, 0.2) is 40.9 Å². The summed E-state index contributed by atoms with van der Waals surface area (Å²) < 4.78 is 13.0. The topological polar surface area (TPSA) is 60.7 Å². The van der Waals surface area contributed by atoms with Crippen LogP contribution < -0.4 is 9.47 Å². The van der Waals surface area contributed by atoms with E-state index in [9.17, 15) is 9.90 Å². The van der Waals surface area contributed by atoms with Crippen molar-refractivity contribution in [2.75, 3.05) is 6.79 Å². The van der Waals surface area contributed by atoms with Gasteiger partial charge in [-0.25, -0.2) is 4.79 Å². The van der Waals surface area contributed by atoms with Gasteiger partial charge >= 0.3 is 5.97 Å². The number of aromatic carboxylic acids is 1. The Morgan fingerprint density at radius 3 is 2.71 bits per heavy atom. The lowest BCUT2D eigenvalue weighted by Gasteiger charge is -2.11. The van der Waals surface area contributed by atoms with E-state index in [2.05, 4.69) is 15.9 Å². The maximum Gasteiger partial charge on any atom is 0.353 e. The first kappa shape index (κ1) is 15.4. The standard InChI is InChI=1S/C17H11BrClNO4/c18-15-10-3-1-2-4-12(10)20(16(15)17(21)22)7-9-5-13-14(6-11(9)19)24-8-23-13/h1-6H,7-8H2,(H,21,22). The Labute approximate surface area is 150 Å². The van der Waals surface area contributed by atoms with Crippen LogP contribution in [-0.4, -0.2) is 22.4 Å². The quantitative estimate of drug-likeness (QED) is 0.691. The number of carboxylic acids is 1. The van der Waals surface area contributed by atoms with Crippen LogP contribution in [0.1, 0.15) is 16.1 Å². The van der Waals surface area contributed by atoms with Crippen molar-refractivity contribution in [3.63, 3.8) is 0 Å². The summed E-state index contributed by atoms with van der Waals surface area (Å²) in [5.41, 5.74) is 1.76. The zero-order valence-corrected chi connectivity index (χ0v) is 14.6. The molecule has 7 heteroatoms. The number of aromatic nitrogens is 1. The van der Waals surface area contributed by atoms with Crippen molar-refractivity contribution in [1.29, 1.82) is 0 Å². The molecule has 0 saturated carbocycles. The van der Waals surface area contributed by atoms with Crippen LogP contribution in [-0.2, 0) is 6.54 Å². The van der Waals surface area contributed by atoms with E-state index in [0.29, 0.717) is 27.5 Å². The number of halogens is 2. The van der Waals surface area contributed by atoms with Crippen LogP contribution >= 0.6 is 27.5 Å². The molecule has 0 unspecified atom stereocenters. The van der Waals surface area contributed by atoms with Crippen molar-refractivity contribution in [3.8, 4) is 11.5 Å². The monoisotopic (exact) mass is 407 g/mol. The molecule has 0 aliphatic carbocycles. The molecular formula is C17H11BrClNO4. The SMILES string of the molecule is O=C(O)c1c(Br)c2ccccc2n1Cc1cc2c(cc1Cl)OCO2. The van der Waals surface area contributed by atoms with Gasteiger partial charge in [0.2, 0.25) is 6.79 Å². The largest absolute Gasteiger partial charge is 0.477 e. The summed E-state index contributed by atoms with van der Waals surface area (Å²) in [5, 5.41) is 11.0. The third kappa shape index (κ3) is 2.34. The molecular weight excluding hydrogens is 398 g/mol. The van der Waals surface area contributed by atoms with Crippen molar-refractivity contribution in [1.82, 2.24) is 4.57 Å². The van der Waals surface area contributed by atoms with Crippen LogP contribution in [0.5, 0.6) is 11.5 Å². The third-order valence-corrected chi connectivity index (χ3v) is 5.14. The Morgan fingerprint density at radius 1 is 1.25 bits per heavy atom. The number of nitrogens with zero attached hydrogens (tertiary/aromatic N) is 1. The molecule has 0 radical (unpaired) electrons. The summed E-state index contributed by atoms with van der Waals surface area (Å²) in [7, 11) is 0. The van der Waals surface area contributed by atoms with Gasteiger partial charge in [-0.05, 0) is 33.6 Å². The molecule has 4 rings (SSSR count). The first-order valence-electron chi connectivity index (χ1n) is 7.14. The van der Waals surface area contributed by atoms with E-state index in [1.54, 1.807) is 16.7 Å². The molecule has 2 heterocycles. The molecule has 24 heavy (non-hydrogen) atoms. The van der Waals surface area contributed by atoms with E-state index in [-0.39, 0.29) is 12.5 Å². The van der Waals surface area contributed by atoms with Crippen molar-refractivity contribution in [2.24, 2.45) is 0 Å². The molecule has 0 fully saturated rings. The lowest BCUT2D eigenvalue weighted by atomic mass is 10.2. The minimum absolute atomic E-state index is 0.160. The lowest BCUT2D eigenvalue weighted by molar-refractivity contribution is 0.0685. The van der Waals surface area contributed by atoms with Crippen LogP contribution in [0.4, 0.5) is 0 Å². The normalized spacial score (nSPS) is 12.8. The minimum atomic E-state index is -1.00. The van der Waals surface area contributed by atoms with Crippen LogP contribution in [0.25, 0.3) is 10.9 Å². The maximum absolute atomic E-state index is 11.7. The predicted octanol–water partition coefficient (Wildman–Crippen LogP) is 4.53. The van der Waals surface area contributed by atoms with Crippen LogP contribution in [0, 0.1) is 0 Å². The van der Waals surface area contributed by atoms with E-state index in [0.717, 1.165) is 16.5 Å². The number of rotatable bonds is 3. The van der Waals surface area contributed by atoms with E-state index >= 15 is 0 Å². The van der Waals surface area contributed by atoms with Crippen molar-refractivity contribution >= 4 is 44.4 Å². The van der Waals surface area contributed by atoms with Gasteiger partial charge in [-0.15, -0.1) is 0 Å². The van der Waals surface area contributed by atoms with Gasteiger partial charge < -0.3 is 19.1 Å². The first-order chi connectivity index (χ1) is 11.6. The summed E-state index contributed by atoms with van der Waals surface area (Å²) in [6.45, 7) is 0.469. The minimum Gasteiger partial charge on any atom is -0.477 e. The Morgan fingerprint density at radius 2 is 1.96 bits per heavy atom. The van der Waals surface area contributed by atoms with E-state index in [1.165, 1.54) is 0 Å². The van der Waals surface area contributed by atoms with E-state index in [4.69, 9.17) is 21.1 Å². The summed E-state index contributed by atoms with van der Waals surface area (Å²) in [4.78, 5) is 11.7. The fraction of sp³-hybridized carbons (Fsp3) is 0.118. The highest BCUT2D eigenvalue weighted by atomic mass is 79.9. The third-order valence-electron chi connectivity index (χ3n) is 3.98. The molecule has 0 bridgehead atoms. The Bertz CT molecular complexity index is 982. The van der Waals surface area contributed by atoms with Gasteiger partial charge in [-0.2, -0.15) is 0 Å². The van der Waals surface area contributed by atoms with Gasteiger partial charge in [0.1, 0.15) is 5.69 Å². The van der Waals surface area contributed by atoms with Crippen LogP contribution in [0.2, 0.25) is 5.02 Å². The molecule has 0 atom stereocenters. The summed E-state index contributed by atoms with van der Waals surface area (Å²) in [6.07, 6.45) is 0. The van der Waals surface area contributed by atoms with Gasteiger partial charge in [0, 0.05) is 16.5 Å². The smallest absolute Gasteiger partial charge is 0.353 e. The second-order valence-electron chi connectivity index (χ2n) is 5.37. The number of carboxylic acid groups (broad SMARTS) is 1. The number of hydrogen-bond acceptors (Lipinski definition) is 3. The van der Waals surface area contributed by atoms with E-state index < -0.39 is 5.97 Å². The lowest BCUT2D eigenvalue weighted by Crippen LogP contribution is -2.10. The second kappa shape index (κ2) is 5.72. The molecule has 0 saturated heterocycles. The molecule has 5 nitrogen and oxygen atoms in total. The average Bonchev–Trinajstić information content (AvgIpc) is 3.11. The fourth-order valence-electron chi connectivity index (χ4n) is 2.89. The van der Waals surface area contributed by atoms with Crippen LogP contribution in [0.3, 0.4) is 0 Å². The molecule has 1 aliphatic rings. The van der Waals surface area contributed by atoms with Gasteiger partial charge in [0.25, 0.3) is 0 Å². The average molecular weight is 409 g/mol. The highest BCUT2D eigenvalue weighted by molar-refractivity contribution is 9.10. The van der Waals surface area contributed by atoms with Crippen molar-refractivity contribution < 1.29 is 19.4 Å². The number of fused-ring (bicyclic) bond motifs is 2. The number of para-hydroxylation sites is 1. The molecule has 0 spiro atoms. The number of benzene rings is 2. The Hall–Kier alpha value is -2.18. The zero-order chi connectivity index (χ0) is 16.8. The maximum atomic E-state index is 11.7. The molecule has 1 N–H and O–H groups in total. The molecule has 3 aromatic rings. The molecule has 122 valence electrons. The number of ether oxygens (including phenoxy) is 2. The number of hydrogen-bond donors (Lipinski definition) is 1. The Kier molecular flexibility index (Phi) is 3.66. The second-order valence-corrected chi connectivity index (χ2v) is 6.57. The molecule has 2 aromatic carbocycles. The molecule has 1 aliphatic heterocycles. The first-order valence-corrected chi connectivity index (χ1v) is 8.31. The van der Waals surface area contributed by atoms with Gasteiger partial charge in [-0.1, -0.05) is 29.8 Å². The molecule has 1 aromatic heterocycles. The summed E-state index contributed by atoms with van der Waals surface area (Å²) >= 11 is 9.75. The molecule has 0 amide bonds. The van der Waals surface area contributed by atoms with Gasteiger partial charge in [0.05, 0.1) is 16.5 Å². The summed E-state index contributed by atoms with van der Waals surface area (Å²) in [5.74, 6) is 0.206. The van der Waals surface area contributed by atoms with E-state index in [1.807, 2.05) is 24.3 Å². The Balaban J connectivity index is 1.89. The highest BCUT2D eigenvalue weighted by Gasteiger charge is 2.23. The zero-order valence-electron chi connectivity index (χ0n) is 12.3. The van der Waals surface area contributed by atoms with Crippen molar-refractivity contribution in [2.45, 2.75) is 6.54 Å². The predicted molar refractivity (Wildman–Crippen MR) is 93.3 cm³/mol. The van der Waals surface area contributed by atoms with Gasteiger partial charge in [0.15, 0.2) is 11.5 Å². The van der Waals surface area contributed by atoms with Crippen molar-refractivity contribution in [3.05, 3.63) is 57.2 Å².